The van der Waals surface area contributed by atoms with Crippen LogP contribution in [0, 0.1) is 23.7 Å². The summed E-state index contributed by atoms with van der Waals surface area (Å²) in [6.45, 7) is 16.4. The molecule has 2 bridgehead atoms. The van der Waals surface area contributed by atoms with E-state index in [4.69, 9.17) is 47.4 Å². The van der Waals surface area contributed by atoms with Gasteiger partial charge in [-0.2, -0.15) is 0 Å². The molecule has 1 aliphatic carbocycles. The van der Waals surface area contributed by atoms with E-state index in [2.05, 4.69) is 52.1 Å². The fourth-order valence-corrected chi connectivity index (χ4v) is 11.0. The van der Waals surface area contributed by atoms with Crippen molar-refractivity contribution in [3.8, 4) is 0 Å². The highest BCUT2D eigenvalue weighted by Gasteiger charge is 2.60. The van der Waals surface area contributed by atoms with Gasteiger partial charge in [0.1, 0.15) is 35.9 Å². The van der Waals surface area contributed by atoms with Gasteiger partial charge < -0.3 is 62.9 Å². The van der Waals surface area contributed by atoms with Gasteiger partial charge in [0.2, 0.25) is 0 Å². The highest BCUT2D eigenvalue weighted by atomic mass is 16.7. The number of aliphatic hydroxyl groups excluding tert-OH is 1. The molecule has 0 aromatic rings. The molecule has 63 heavy (non-hydrogen) atoms. The molecule has 20 atom stereocenters. The number of methoxy groups -OCH3 is 2. The minimum Gasteiger partial charge on any atom is -0.462 e. The van der Waals surface area contributed by atoms with Crippen molar-refractivity contribution in [2.45, 2.75) is 191 Å². The number of hydrogen-bond donors (Lipinski definition) is 3. The van der Waals surface area contributed by atoms with Crippen LogP contribution in [-0.4, -0.2) is 141 Å². The Kier molecular flexibility index (Phi) is 15.7. The maximum Gasteiger partial charge on any atom is 0.316 e. The number of fused-ring (bicyclic) bond motifs is 2. The van der Waals surface area contributed by atoms with Crippen LogP contribution < -0.4 is 5.32 Å². The molecule has 4 saturated heterocycles. The fourth-order valence-electron chi connectivity index (χ4n) is 11.0. The van der Waals surface area contributed by atoms with Gasteiger partial charge in [-0.3, -0.25) is 4.79 Å². The molecule has 0 aromatic heterocycles. The van der Waals surface area contributed by atoms with Crippen LogP contribution in [-0.2, 0) is 52.2 Å². The molecular formula is C49H75NO13. The summed E-state index contributed by atoms with van der Waals surface area (Å²) in [4.78, 5) is 14.4. The second kappa shape index (κ2) is 20.3. The predicted molar refractivity (Wildman–Crippen MR) is 234 cm³/mol. The van der Waals surface area contributed by atoms with Crippen LogP contribution in [0.4, 0.5) is 0 Å². The standard InChI is InChI=1S/C49H75NO13/c1-12-26(2)44-29(5)18-19-48(63-44)24-35-21-34(62-48)17-16-28(4)43(27(3)14-13-15-33-25-56-46-42(51)30(6)20-36(47(52)59-35)49(33,46)53)60-40-23-38(55-11)45(32(8)58-40)61-39-22-37(54-10)41(50-9)31(7)57-39/h13-16,18-20,26-27,29,31-32,34-46,50-51,53H,12,17,21-25H2,1-11H3/b14-13+,28-16+,33-15+/t26-,27+,29+,31+,32+,34-,35+,36+,37+,38+,39+,40+,41-,42-,43+,44-,45+,46-,48-,49-/m1/s1. The van der Waals surface area contributed by atoms with Crippen molar-refractivity contribution in [2.24, 2.45) is 23.7 Å². The van der Waals surface area contributed by atoms with E-state index in [1.54, 1.807) is 33.3 Å². The zero-order valence-corrected chi connectivity index (χ0v) is 39.3. The second-order valence-electron chi connectivity index (χ2n) is 19.3. The normalized spacial score (nSPS) is 48.6. The molecule has 0 saturated carbocycles. The molecule has 0 amide bonds. The third-order valence-corrected chi connectivity index (χ3v) is 14.9. The van der Waals surface area contributed by atoms with Crippen molar-refractivity contribution in [3.05, 3.63) is 59.3 Å². The van der Waals surface area contributed by atoms with Crippen LogP contribution in [0.15, 0.2) is 59.3 Å². The molecular weight excluding hydrogens is 811 g/mol. The lowest BCUT2D eigenvalue weighted by molar-refractivity contribution is -0.312. The van der Waals surface area contributed by atoms with Gasteiger partial charge in [-0.25, -0.2) is 0 Å². The van der Waals surface area contributed by atoms with Gasteiger partial charge in [0.25, 0.3) is 0 Å². The van der Waals surface area contributed by atoms with Crippen molar-refractivity contribution >= 4 is 5.97 Å². The summed E-state index contributed by atoms with van der Waals surface area (Å²) in [6.07, 6.45) is 10.7. The molecule has 14 heteroatoms. The number of aliphatic hydroxyl groups is 2. The molecule has 14 nitrogen and oxygen atoms in total. The molecule has 0 aromatic carbocycles. The van der Waals surface area contributed by atoms with Crippen LogP contribution >= 0.6 is 0 Å². The molecule has 4 fully saturated rings. The average Bonchev–Trinajstić information content (AvgIpc) is 3.60. The third kappa shape index (κ3) is 10.0. The Morgan fingerprint density at radius 2 is 1.63 bits per heavy atom. The minimum atomic E-state index is -1.83. The maximum absolute atomic E-state index is 14.4. The number of allylic oxidation sites excluding steroid dienone is 2. The lowest BCUT2D eigenvalue weighted by Crippen LogP contribution is -2.58. The number of carbonyl (C=O) groups excluding carboxylic acids is 1. The summed E-state index contributed by atoms with van der Waals surface area (Å²) >= 11 is 0. The summed E-state index contributed by atoms with van der Waals surface area (Å²) in [6, 6.07) is 0.0442. The Morgan fingerprint density at radius 1 is 0.921 bits per heavy atom. The first-order valence-electron chi connectivity index (χ1n) is 23.4. The number of nitrogens with one attached hydrogen (secondary N) is 1. The van der Waals surface area contributed by atoms with Crippen molar-refractivity contribution in [2.75, 3.05) is 27.9 Å². The zero-order chi connectivity index (χ0) is 45.4. The summed E-state index contributed by atoms with van der Waals surface area (Å²) in [5.74, 6) is -2.51. The number of hydrogen-bond acceptors (Lipinski definition) is 14. The first kappa shape index (κ1) is 48.6. The summed E-state index contributed by atoms with van der Waals surface area (Å²) in [7, 11) is 5.30. The maximum atomic E-state index is 14.4. The van der Waals surface area contributed by atoms with Crippen molar-refractivity contribution in [1.29, 1.82) is 0 Å². The second-order valence-corrected chi connectivity index (χ2v) is 19.3. The minimum absolute atomic E-state index is 0.0411. The van der Waals surface area contributed by atoms with E-state index in [9.17, 15) is 15.0 Å². The lowest BCUT2D eigenvalue weighted by atomic mass is 9.71. The Balaban J connectivity index is 1.18. The molecule has 6 heterocycles. The number of ether oxygens (including phenoxy) is 10. The van der Waals surface area contributed by atoms with Crippen molar-refractivity contribution in [1.82, 2.24) is 5.32 Å². The molecule has 6 aliphatic heterocycles. The van der Waals surface area contributed by atoms with Crippen LogP contribution in [0.5, 0.6) is 0 Å². The molecule has 354 valence electrons. The van der Waals surface area contributed by atoms with Gasteiger partial charge in [-0.15, -0.1) is 0 Å². The molecule has 3 N–H and O–H groups in total. The van der Waals surface area contributed by atoms with Crippen LogP contribution in [0.1, 0.15) is 93.9 Å². The first-order valence-corrected chi connectivity index (χ1v) is 23.4. The Hall–Kier alpha value is -2.31. The van der Waals surface area contributed by atoms with Crippen LogP contribution in [0.25, 0.3) is 0 Å². The highest BCUT2D eigenvalue weighted by molar-refractivity contribution is 5.78. The first-order chi connectivity index (χ1) is 30.0. The van der Waals surface area contributed by atoms with Crippen LogP contribution in [0.2, 0.25) is 0 Å². The SMILES string of the molecule is CC[C@@H](C)[C@H]1O[C@]2(C=C[C@@H]1C)C[C@@H]1C[C@@H](C/C=C(\C)[C@@H](O[C@H]3C[C@H](OC)[C@@H](O[C@H]4C[C@H](OC)[C@H](NC)[C@H](C)O4)[C@H](C)O3)[C@@H](C)/C=C/C=C3\CO[C@@H]4[C@H](O)C(C)=C[C@@H](C(=O)O1)[C@]34O)O2. The van der Waals surface area contributed by atoms with E-state index in [1.165, 1.54) is 0 Å². The lowest BCUT2D eigenvalue weighted by Gasteiger charge is -2.48. The van der Waals surface area contributed by atoms with Gasteiger partial charge in [0.05, 0.1) is 55.4 Å². The fraction of sp³-hybridized carbons (Fsp3) is 0.776. The number of rotatable bonds is 9. The van der Waals surface area contributed by atoms with Gasteiger partial charge in [0, 0.05) is 51.7 Å². The molecule has 7 rings (SSSR count). The van der Waals surface area contributed by atoms with Crippen molar-refractivity contribution in [3.63, 3.8) is 0 Å². The van der Waals surface area contributed by atoms with E-state index in [0.717, 1.165) is 12.0 Å². The van der Waals surface area contributed by atoms with E-state index in [0.29, 0.717) is 43.3 Å². The summed E-state index contributed by atoms with van der Waals surface area (Å²) in [5, 5.41) is 27.1. The molecule has 7 aliphatic rings. The predicted octanol–water partition coefficient (Wildman–Crippen LogP) is 5.60. The number of esters is 1. The largest absolute Gasteiger partial charge is 0.462 e. The van der Waals surface area contributed by atoms with Gasteiger partial charge in [-0.1, -0.05) is 70.6 Å². The van der Waals surface area contributed by atoms with Crippen molar-refractivity contribution < 1.29 is 62.4 Å². The zero-order valence-electron chi connectivity index (χ0n) is 39.3. The topological polar surface area (TPSA) is 162 Å². The summed E-state index contributed by atoms with van der Waals surface area (Å²) < 4.78 is 64.6. The van der Waals surface area contributed by atoms with Gasteiger partial charge in [0.15, 0.2) is 18.4 Å². The Labute approximate surface area is 374 Å². The summed E-state index contributed by atoms with van der Waals surface area (Å²) in [5.41, 5.74) is 0.180. The molecule has 0 radical (unpaired) electrons. The van der Waals surface area contributed by atoms with E-state index < -0.39 is 66.4 Å². The molecule has 0 unspecified atom stereocenters. The highest BCUT2D eigenvalue weighted by Crippen LogP contribution is 2.47. The van der Waals surface area contributed by atoms with Gasteiger partial charge >= 0.3 is 5.97 Å². The van der Waals surface area contributed by atoms with E-state index in [1.807, 2.05) is 39.1 Å². The van der Waals surface area contributed by atoms with E-state index >= 15 is 0 Å². The average molecular weight is 886 g/mol. The van der Waals surface area contributed by atoms with Crippen LogP contribution in [0.3, 0.4) is 0 Å². The van der Waals surface area contributed by atoms with Gasteiger partial charge in [-0.05, 0) is 69.9 Å². The monoisotopic (exact) mass is 886 g/mol. The quantitative estimate of drug-likeness (QED) is 0.194. The van der Waals surface area contributed by atoms with E-state index in [-0.39, 0.29) is 67.0 Å². The Bertz CT molecular complexity index is 1750. The number of carbonyl (C=O) groups is 1. The Morgan fingerprint density at radius 3 is 2.35 bits per heavy atom. The third-order valence-electron chi connectivity index (χ3n) is 14.9. The number of likely N-dealkylation sites (N-methyl/N-ethyl adjacent to an activating group) is 1. The smallest absolute Gasteiger partial charge is 0.316 e. The molecule has 1 spiro atoms.